The SMILES string of the molecule is COc1ccc(CSc2cc(Oc3c(Cl)cc([N+](=O)[O-])cc3Cl)cnc2OC)cc1. The molecule has 10 heteroatoms. The first kappa shape index (κ1) is 22.0. The van der Waals surface area contributed by atoms with Crippen LogP contribution in [-0.2, 0) is 5.75 Å². The molecule has 0 saturated carbocycles. The van der Waals surface area contributed by atoms with E-state index in [0.29, 0.717) is 17.4 Å². The van der Waals surface area contributed by atoms with Gasteiger partial charge in [-0.15, -0.1) is 11.8 Å². The smallest absolute Gasteiger partial charge is 0.272 e. The zero-order valence-electron chi connectivity index (χ0n) is 15.9. The summed E-state index contributed by atoms with van der Waals surface area (Å²) in [7, 11) is 3.15. The largest absolute Gasteiger partial charge is 0.497 e. The van der Waals surface area contributed by atoms with E-state index in [4.69, 9.17) is 37.4 Å². The molecule has 0 aliphatic heterocycles. The number of ether oxygens (including phenoxy) is 3. The first-order valence-corrected chi connectivity index (χ1v) is 10.3. The van der Waals surface area contributed by atoms with Crippen molar-refractivity contribution in [2.75, 3.05) is 14.2 Å². The minimum absolute atomic E-state index is 0.0254. The fourth-order valence-electron chi connectivity index (χ4n) is 2.48. The summed E-state index contributed by atoms with van der Waals surface area (Å²) < 4.78 is 16.3. The Balaban J connectivity index is 1.81. The quantitative estimate of drug-likeness (QED) is 0.215. The highest BCUT2D eigenvalue weighted by atomic mass is 35.5. The van der Waals surface area contributed by atoms with E-state index in [-0.39, 0.29) is 21.5 Å². The Morgan fingerprint density at radius 3 is 2.27 bits per heavy atom. The number of pyridine rings is 1. The number of hydrogen-bond donors (Lipinski definition) is 0. The fraction of sp³-hybridized carbons (Fsp3) is 0.150. The fourth-order valence-corrected chi connectivity index (χ4v) is 4.00. The lowest BCUT2D eigenvalue weighted by atomic mass is 10.2. The Bertz CT molecular complexity index is 1040. The number of nitro benzene ring substituents is 1. The Morgan fingerprint density at radius 1 is 1.03 bits per heavy atom. The van der Waals surface area contributed by atoms with Gasteiger partial charge in [0.25, 0.3) is 5.69 Å². The molecule has 0 radical (unpaired) electrons. The van der Waals surface area contributed by atoms with Crippen LogP contribution >= 0.6 is 35.0 Å². The van der Waals surface area contributed by atoms with Crippen LogP contribution in [0.15, 0.2) is 53.6 Å². The molecule has 3 rings (SSSR count). The standard InChI is InChI=1S/C20H16Cl2N2O5S/c1-27-14-5-3-12(4-6-14)11-30-18-9-15(10-23-20(18)28-2)29-19-16(21)7-13(24(25)26)8-17(19)22/h3-10H,11H2,1-2H3. The Morgan fingerprint density at radius 2 is 1.70 bits per heavy atom. The maximum atomic E-state index is 10.9. The van der Waals surface area contributed by atoms with Gasteiger partial charge < -0.3 is 14.2 Å². The number of nitro groups is 1. The minimum atomic E-state index is -0.579. The van der Waals surface area contributed by atoms with E-state index in [9.17, 15) is 10.1 Å². The molecule has 1 heterocycles. The van der Waals surface area contributed by atoms with Gasteiger partial charge in [0.15, 0.2) is 5.75 Å². The summed E-state index contributed by atoms with van der Waals surface area (Å²) in [6.45, 7) is 0. The number of non-ortho nitro benzene ring substituents is 1. The van der Waals surface area contributed by atoms with Crippen molar-refractivity contribution in [1.82, 2.24) is 4.98 Å². The number of nitrogens with zero attached hydrogens (tertiary/aromatic N) is 2. The summed E-state index contributed by atoms with van der Waals surface area (Å²) in [4.78, 5) is 15.4. The monoisotopic (exact) mass is 466 g/mol. The molecule has 0 saturated heterocycles. The van der Waals surface area contributed by atoms with Gasteiger partial charge in [0.1, 0.15) is 11.5 Å². The minimum Gasteiger partial charge on any atom is -0.497 e. The van der Waals surface area contributed by atoms with Crippen LogP contribution < -0.4 is 14.2 Å². The van der Waals surface area contributed by atoms with Crippen molar-refractivity contribution in [3.05, 3.63) is 74.4 Å². The summed E-state index contributed by atoms with van der Waals surface area (Å²) in [6, 6.07) is 11.8. The lowest BCUT2D eigenvalue weighted by Gasteiger charge is -2.12. The topological polar surface area (TPSA) is 83.7 Å². The van der Waals surface area contributed by atoms with Crippen molar-refractivity contribution in [1.29, 1.82) is 0 Å². The van der Waals surface area contributed by atoms with Gasteiger partial charge in [0, 0.05) is 24.0 Å². The molecule has 0 spiro atoms. The van der Waals surface area contributed by atoms with Gasteiger partial charge in [-0.25, -0.2) is 4.98 Å². The summed E-state index contributed by atoms with van der Waals surface area (Å²) in [6.07, 6.45) is 1.46. The van der Waals surface area contributed by atoms with Crippen LogP contribution in [0.25, 0.3) is 0 Å². The normalized spacial score (nSPS) is 10.5. The molecule has 7 nitrogen and oxygen atoms in total. The average molecular weight is 467 g/mol. The van der Waals surface area contributed by atoms with Crippen molar-refractivity contribution >= 4 is 40.7 Å². The molecule has 0 aliphatic carbocycles. The van der Waals surface area contributed by atoms with Gasteiger partial charge in [-0.3, -0.25) is 10.1 Å². The second-order valence-electron chi connectivity index (χ2n) is 5.91. The molecule has 1 aromatic heterocycles. The Hall–Kier alpha value is -2.68. The molecule has 0 bridgehead atoms. The van der Waals surface area contributed by atoms with Gasteiger partial charge >= 0.3 is 0 Å². The first-order valence-electron chi connectivity index (χ1n) is 8.52. The second kappa shape index (κ2) is 9.88. The van der Waals surface area contributed by atoms with E-state index in [0.717, 1.165) is 16.2 Å². The number of aromatic nitrogens is 1. The number of hydrogen-bond acceptors (Lipinski definition) is 7. The lowest BCUT2D eigenvalue weighted by Crippen LogP contribution is -1.95. The highest BCUT2D eigenvalue weighted by Gasteiger charge is 2.17. The van der Waals surface area contributed by atoms with E-state index in [2.05, 4.69) is 4.98 Å². The lowest BCUT2D eigenvalue weighted by molar-refractivity contribution is -0.384. The molecule has 3 aromatic rings. The summed E-state index contributed by atoms with van der Waals surface area (Å²) in [5.74, 6) is 2.38. The molecule has 0 aliphatic rings. The van der Waals surface area contributed by atoms with Gasteiger partial charge in [-0.05, 0) is 17.7 Å². The van der Waals surface area contributed by atoms with Gasteiger partial charge in [-0.1, -0.05) is 35.3 Å². The van der Waals surface area contributed by atoms with E-state index in [1.165, 1.54) is 37.2 Å². The summed E-state index contributed by atoms with van der Waals surface area (Å²) in [5.41, 5.74) is 0.872. The van der Waals surface area contributed by atoms with Crippen LogP contribution in [0.5, 0.6) is 23.1 Å². The molecule has 30 heavy (non-hydrogen) atoms. The molecule has 156 valence electrons. The predicted molar refractivity (Wildman–Crippen MR) is 117 cm³/mol. The van der Waals surface area contributed by atoms with E-state index in [1.807, 2.05) is 24.3 Å². The predicted octanol–water partition coefficient (Wildman–Crippen LogP) is 6.40. The number of halogens is 2. The third-order valence-corrected chi connectivity index (χ3v) is 5.60. The molecule has 0 N–H and O–H groups in total. The van der Waals surface area contributed by atoms with Crippen LogP contribution in [0.2, 0.25) is 10.0 Å². The summed E-state index contributed by atoms with van der Waals surface area (Å²) in [5, 5.41) is 11.0. The van der Waals surface area contributed by atoms with Crippen LogP contribution in [0.3, 0.4) is 0 Å². The molecule has 0 amide bonds. The van der Waals surface area contributed by atoms with Crippen molar-refractivity contribution in [2.24, 2.45) is 0 Å². The molecular weight excluding hydrogens is 451 g/mol. The second-order valence-corrected chi connectivity index (χ2v) is 7.74. The van der Waals surface area contributed by atoms with Crippen molar-refractivity contribution in [2.45, 2.75) is 10.6 Å². The Kier molecular flexibility index (Phi) is 7.25. The Labute approximate surface area is 187 Å². The van der Waals surface area contributed by atoms with Gasteiger partial charge in [0.05, 0.1) is 40.3 Å². The third-order valence-electron chi connectivity index (χ3n) is 3.95. The number of rotatable bonds is 8. The number of thioether (sulfide) groups is 1. The van der Waals surface area contributed by atoms with Crippen molar-refractivity contribution in [3.8, 4) is 23.1 Å². The molecule has 0 fully saturated rings. The highest BCUT2D eigenvalue weighted by molar-refractivity contribution is 7.98. The zero-order valence-corrected chi connectivity index (χ0v) is 18.3. The molecule has 0 unspecified atom stereocenters. The van der Waals surface area contributed by atoms with Crippen molar-refractivity contribution < 1.29 is 19.1 Å². The van der Waals surface area contributed by atoms with Gasteiger partial charge in [0.2, 0.25) is 5.88 Å². The van der Waals surface area contributed by atoms with Crippen LogP contribution in [-0.4, -0.2) is 24.1 Å². The van der Waals surface area contributed by atoms with E-state index < -0.39 is 4.92 Å². The van der Waals surface area contributed by atoms with Crippen molar-refractivity contribution in [3.63, 3.8) is 0 Å². The average Bonchev–Trinajstić information content (AvgIpc) is 2.75. The zero-order chi connectivity index (χ0) is 21.7. The third kappa shape index (κ3) is 5.27. The molecule has 0 atom stereocenters. The van der Waals surface area contributed by atoms with Crippen LogP contribution in [0, 0.1) is 10.1 Å². The first-order chi connectivity index (χ1) is 14.4. The highest BCUT2D eigenvalue weighted by Crippen LogP contribution is 2.41. The van der Waals surface area contributed by atoms with E-state index >= 15 is 0 Å². The summed E-state index contributed by atoms with van der Waals surface area (Å²) >= 11 is 13.8. The molecule has 2 aromatic carbocycles. The van der Waals surface area contributed by atoms with Crippen LogP contribution in [0.1, 0.15) is 5.56 Å². The van der Waals surface area contributed by atoms with Gasteiger partial charge in [-0.2, -0.15) is 0 Å². The molecular formula is C20H16Cl2N2O5S. The van der Waals surface area contributed by atoms with Crippen LogP contribution in [0.4, 0.5) is 5.69 Å². The van der Waals surface area contributed by atoms with E-state index in [1.54, 1.807) is 13.2 Å². The number of benzene rings is 2. The maximum Gasteiger partial charge on any atom is 0.272 e. The maximum absolute atomic E-state index is 10.9. The number of methoxy groups -OCH3 is 2.